The van der Waals surface area contributed by atoms with Crippen LogP contribution in [0.15, 0.2) is 12.1 Å². The Labute approximate surface area is 83.1 Å². The van der Waals surface area contributed by atoms with E-state index in [1.54, 1.807) is 0 Å². The van der Waals surface area contributed by atoms with Crippen molar-refractivity contribution in [3.05, 3.63) is 28.3 Å². The van der Waals surface area contributed by atoms with Crippen molar-refractivity contribution < 1.29 is 18.3 Å². The fourth-order valence-electron chi connectivity index (χ4n) is 1.11. The van der Waals surface area contributed by atoms with Crippen LogP contribution in [0.1, 0.15) is 11.1 Å². The summed E-state index contributed by atoms with van der Waals surface area (Å²) >= 11 is 5.44. The Bertz CT molecular complexity index is 351. The van der Waals surface area contributed by atoms with Crippen LogP contribution in [0.4, 0.5) is 18.9 Å². The number of rotatable bonds is 1. The maximum atomic E-state index is 12.4. The maximum absolute atomic E-state index is 12.4. The van der Waals surface area contributed by atoms with Crippen molar-refractivity contribution in [3.8, 4) is 0 Å². The SMILES string of the molecule is Nc1c(Cl)ccc(CO)c1C(F)(F)F. The molecule has 0 unspecified atom stereocenters. The van der Waals surface area contributed by atoms with Gasteiger partial charge < -0.3 is 10.8 Å². The Morgan fingerprint density at radius 2 is 1.93 bits per heavy atom. The Balaban J connectivity index is 3.44. The molecule has 0 aliphatic heterocycles. The fraction of sp³-hybridized carbons (Fsp3) is 0.250. The second-order valence-electron chi connectivity index (χ2n) is 2.65. The molecule has 0 radical (unpaired) electrons. The maximum Gasteiger partial charge on any atom is 0.418 e. The Morgan fingerprint density at radius 3 is 2.36 bits per heavy atom. The monoisotopic (exact) mass is 225 g/mol. The van der Waals surface area contributed by atoms with E-state index in [1.165, 1.54) is 6.07 Å². The minimum absolute atomic E-state index is 0.172. The van der Waals surface area contributed by atoms with E-state index in [2.05, 4.69) is 0 Å². The van der Waals surface area contributed by atoms with Gasteiger partial charge >= 0.3 is 6.18 Å². The van der Waals surface area contributed by atoms with Crippen molar-refractivity contribution in [2.45, 2.75) is 12.8 Å². The normalized spacial score (nSPS) is 11.8. The number of benzene rings is 1. The highest BCUT2D eigenvalue weighted by atomic mass is 35.5. The molecule has 0 saturated carbocycles. The molecule has 1 aromatic rings. The second-order valence-corrected chi connectivity index (χ2v) is 3.06. The molecule has 0 heterocycles. The van der Waals surface area contributed by atoms with Crippen molar-refractivity contribution in [3.63, 3.8) is 0 Å². The summed E-state index contributed by atoms with van der Waals surface area (Å²) in [4.78, 5) is 0. The summed E-state index contributed by atoms with van der Waals surface area (Å²) in [5.74, 6) is 0. The number of hydrogen-bond acceptors (Lipinski definition) is 2. The van der Waals surface area contributed by atoms with Crippen LogP contribution in [-0.4, -0.2) is 5.11 Å². The van der Waals surface area contributed by atoms with E-state index in [1.807, 2.05) is 0 Å². The van der Waals surface area contributed by atoms with Crippen molar-refractivity contribution in [2.75, 3.05) is 5.73 Å². The molecular weight excluding hydrogens is 219 g/mol. The van der Waals surface area contributed by atoms with Gasteiger partial charge in [-0.1, -0.05) is 17.7 Å². The molecule has 0 saturated heterocycles. The molecule has 0 aromatic heterocycles. The molecule has 0 amide bonds. The second kappa shape index (κ2) is 3.67. The summed E-state index contributed by atoms with van der Waals surface area (Å²) in [7, 11) is 0. The average molecular weight is 226 g/mol. The van der Waals surface area contributed by atoms with Crippen LogP contribution in [0, 0.1) is 0 Å². The van der Waals surface area contributed by atoms with Crippen molar-refractivity contribution in [1.29, 1.82) is 0 Å². The lowest BCUT2D eigenvalue weighted by atomic mass is 10.1. The number of halogens is 4. The molecule has 0 aliphatic rings. The molecule has 0 fully saturated rings. The number of anilines is 1. The van der Waals surface area contributed by atoms with Crippen LogP contribution in [-0.2, 0) is 12.8 Å². The first-order chi connectivity index (χ1) is 6.38. The largest absolute Gasteiger partial charge is 0.418 e. The van der Waals surface area contributed by atoms with Gasteiger partial charge in [0.15, 0.2) is 0 Å². The van der Waals surface area contributed by atoms with Crippen LogP contribution < -0.4 is 5.73 Å². The molecule has 6 heteroatoms. The minimum atomic E-state index is -4.60. The molecular formula is C8H7ClF3NO. The lowest BCUT2D eigenvalue weighted by Gasteiger charge is -2.14. The molecule has 78 valence electrons. The lowest BCUT2D eigenvalue weighted by Crippen LogP contribution is -2.13. The lowest BCUT2D eigenvalue weighted by molar-refractivity contribution is -0.138. The van der Waals surface area contributed by atoms with Crippen LogP contribution in [0.3, 0.4) is 0 Å². The zero-order valence-corrected chi connectivity index (χ0v) is 7.65. The number of aliphatic hydroxyl groups is 1. The highest BCUT2D eigenvalue weighted by Gasteiger charge is 2.36. The van der Waals surface area contributed by atoms with E-state index >= 15 is 0 Å². The van der Waals surface area contributed by atoms with Gasteiger partial charge in [-0.05, 0) is 11.6 Å². The molecule has 14 heavy (non-hydrogen) atoms. The van der Waals surface area contributed by atoms with E-state index in [0.29, 0.717) is 0 Å². The predicted octanol–water partition coefficient (Wildman–Crippen LogP) is 2.43. The van der Waals surface area contributed by atoms with Gasteiger partial charge in [0.25, 0.3) is 0 Å². The Hall–Kier alpha value is -0.940. The van der Waals surface area contributed by atoms with Crippen LogP contribution >= 0.6 is 11.6 Å². The first-order valence-electron chi connectivity index (χ1n) is 3.63. The van der Waals surface area contributed by atoms with Gasteiger partial charge in [-0.2, -0.15) is 13.2 Å². The van der Waals surface area contributed by atoms with Crippen LogP contribution in [0.2, 0.25) is 5.02 Å². The van der Waals surface area contributed by atoms with Crippen molar-refractivity contribution in [1.82, 2.24) is 0 Å². The van der Waals surface area contributed by atoms with Gasteiger partial charge in [-0.3, -0.25) is 0 Å². The molecule has 0 bridgehead atoms. The van der Waals surface area contributed by atoms with Gasteiger partial charge in [0, 0.05) is 0 Å². The summed E-state index contributed by atoms with van der Waals surface area (Å²) in [5, 5.41) is 8.53. The fourth-order valence-corrected chi connectivity index (χ4v) is 1.26. The molecule has 0 spiro atoms. The molecule has 1 aromatic carbocycles. The van der Waals surface area contributed by atoms with E-state index in [9.17, 15) is 13.2 Å². The Morgan fingerprint density at radius 1 is 1.36 bits per heavy atom. The third-order valence-corrected chi connectivity index (χ3v) is 2.06. The number of alkyl halides is 3. The van der Waals surface area contributed by atoms with Gasteiger partial charge in [-0.15, -0.1) is 0 Å². The summed E-state index contributed by atoms with van der Waals surface area (Å²) in [6.45, 7) is -0.726. The van der Waals surface area contributed by atoms with E-state index in [-0.39, 0.29) is 10.6 Å². The zero-order chi connectivity index (χ0) is 10.9. The summed E-state index contributed by atoms with van der Waals surface area (Å²) in [6, 6.07) is 2.32. The number of aliphatic hydroxyl groups excluding tert-OH is 1. The molecule has 0 atom stereocenters. The molecule has 2 nitrogen and oxygen atoms in total. The van der Waals surface area contributed by atoms with Gasteiger partial charge in [0.05, 0.1) is 22.9 Å². The van der Waals surface area contributed by atoms with Crippen LogP contribution in [0.5, 0.6) is 0 Å². The third kappa shape index (κ3) is 1.93. The molecule has 3 N–H and O–H groups in total. The first-order valence-corrected chi connectivity index (χ1v) is 4.00. The summed E-state index contributed by atoms with van der Waals surface area (Å²) < 4.78 is 37.3. The number of nitrogen functional groups attached to an aromatic ring is 1. The van der Waals surface area contributed by atoms with Gasteiger partial charge in [0.2, 0.25) is 0 Å². The molecule has 1 rings (SSSR count). The van der Waals surface area contributed by atoms with Crippen molar-refractivity contribution in [2.24, 2.45) is 0 Å². The topological polar surface area (TPSA) is 46.2 Å². The number of hydrogen-bond donors (Lipinski definition) is 2. The highest BCUT2D eigenvalue weighted by molar-refractivity contribution is 6.33. The number of nitrogens with two attached hydrogens (primary N) is 1. The van der Waals surface area contributed by atoms with Gasteiger partial charge in [0.1, 0.15) is 0 Å². The smallest absolute Gasteiger partial charge is 0.397 e. The first kappa shape index (κ1) is 11.1. The quantitative estimate of drug-likeness (QED) is 0.721. The van der Waals surface area contributed by atoms with E-state index < -0.39 is 24.0 Å². The highest BCUT2D eigenvalue weighted by Crippen LogP contribution is 2.39. The predicted molar refractivity (Wildman–Crippen MR) is 46.8 cm³/mol. The van der Waals surface area contributed by atoms with E-state index in [0.717, 1.165) is 6.07 Å². The van der Waals surface area contributed by atoms with E-state index in [4.69, 9.17) is 22.4 Å². The van der Waals surface area contributed by atoms with Crippen LogP contribution in [0.25, 0.3) is 0 Å². The average Bonchev–Trinajstić information content (AvgIpc) is 2.07. The molecule has 0 aliphatic carbocycles. The van der Waals surface area contributed by atoms with Crippen molar-refractivity contribution >= 4 is 17.3 Å². The summed E-state index contributed by atoms with van der Waals surface area (Å²) in [6.07, 6.45) is -4.60. The third-order valence-electron chi connectivity index (χ3n) is 1.73. The van der Waals surface area contributed by atoms with Gasteiger partial charge in [-0.25, -0.2) is 0 Å². The zero-order valence-electron chi connectivity index (χ0n) is 6.90. The minimum Gasteiger partial charge on any atom is -0.397 e. The Kier molecular flexibility index (Phi) is 2.92. The summed E-state index contributed by atoms with van der Waals surface area (Å²) in [5.41, 5.74) is 3.29. The standard InChI is InChI=1S/C8H7ClF3NO/c9-5-2-1-4(3-14)6(7(5)13)8(10,11)12/h1-2,14H,3,13H2.